The third-order valence-electron chi connectivity index (χ3n) is 10.7. The quantitative estimate of drug-likeness (QED) is 0.161. The number of fused-ring (bicyclic) bond motifs is 8. The van der Waals surface area contributed by atoms with Crippen molar-refractivity contribution in [2.45, 2.75) is 109 Å². The van der Waals surface area contributed by atoms with Crippen LogP contribution in [0.5, 0.6) is 0 Å². The Balaban J connectivity index is 1.59. The summed E-state index contributed by atoms with van der Waals surface area (Å²) in [6, 6.07) is 13.6. The summed E-state index contributed by atoms with van der Waals surface area (Å²) in [7, 11) is 0. The second-order valence-electron chi connectivity index (χ2n) is 14.7. The molecule has 6 nitrogen and oxygen atoms in total. The van der Waals surface area contributed by atoms with Gasteiger partial charge in [-0.15, -0.1) is 11.3 Å². The topological polar surface area (TPSA) is 89.9 Å². The molecule has 2 bridgehead atoms. The SMILES string of the molecule is CC1=CCC[C@@]2(C)[C@@H](CC[C@@]2(O)CN(CCc2cccs2)C(=O)NC(C)C)c2ccc(cc2C(=O)c2cccc(C(F)(F)F)c2)C[C@@H](O)CC1. The van der Waals surface area contributed by atoms with E-state index < -0.39 is 34.6 Å². The van der Waals surface area contributed by atoms with Gasteiger partial charge in [0.2, 0.25) is 0 Å². The van der Waals surface area contributed by atoms with Crippen LogP contribution in [0.4, 0.5) is 18.0 Å². The lowest BCUT2D eigenvalue weighted by Gasteiger charge is -2.46. The standard InChI is InChI=1S/C40H49F3N2O4S/c1-26(2)44-37(48)45(20-17-32-11-7-21-50-32)25-39(49)19-16-35-33-15-13-28(22-31(46)14-12-27(3)8-6-18-38(35,39)4)23-34(33)36(47)29-9-5-10-30(24-29)40(41,42)43/h5,7-11,13,15,21,23-24,26,31,35,46,49H,6,12,14,16-20,22,25H2,1-4H3,(H,44,48)/t31-,35-,38-,39+/m0/s1. The molecule has 3 aliphatic carbocycles. The lowest BCUT2D eigenvalue weighted by molar-refractivity contribution is -0.137. The third kappa shape index (κ3) is 8.52. The number of thiophene rings is 1. The Morgan fingerprint density at radius 3 is 2.56 bits per heavy atom. The van der Waals surface area contributed by atoms with E-state index in [1.807, 2.05) is 57.3 Å². The molecule has 0 radical (unpaired) electrons. The number of halogens is 3. The number of carbonyl (C=O) groups excluding carboxylic acids is 2. The Labute approximate surface area is 297 Å². The Morgan fingerprint density at radius 1 is 1.08 bits per heavy atom. The van der Waals surface area contributed by atoms with E-state index in [2.05, 4.69) is 11.4 Å². The first-order chi connectivity index (χ1) is 23.6. The fourth-order valence-electron chi connectivity index (χ4n) is 7.80. The minimum Gasteiger partial charge on any atom is -0.393 e. The van der Waals surface area contributed by atoms with Crippen LogP contribution in [0.3, 0.4) is 0 Å². The highest BCUT2D eigenvalue weighted by Crippen LogP contribution is 2.59. The van der Waals surface area contributed by atoms with Crippen LogP contribution >= 0.6 is 11.3 Å². The average molecular weight is 711 g/mol. The maximum Gasteiger partial charge on any atom is 0.416 e. The fourth-order valence-corrected chi connectivity index (χ4v) is 8.49. The van der Waals surface area contributed by atoms with Gasteiger partial charge in [-0.1, -0.05) is 48.9 Å². The van der Waals surface area contributed by atoms with Crippen LogP contribution in [0.1, 0.15) is 110 Å². The van der Waals surface area contributed by atoms with E-state index in [-0.39, 0.29) is 35.7 Å². The van der Waals surface area contributed by atoms with Crippen molar-refractivity contribution in [2.24, 2.45) is 5.41 Å². The molecule has 10 heteroatoms. The van der Waals surface area contributed by atoms with Gasteiger partial charge < -0.3 is 20.4 Å². The van der Waals surface area contributed by atoms with Crippen molar-refractivity contribution in [1.82, 2.24) is 10.2 Å². The molecule has 2 amide bonds. The normalized spacial score (nSPS) is 24.4. The molecule has 1 saturated carbocycles. The van der Waals surface area contributed by atoms with E-state index in [1.54, 1.807) is 22.3 Å². The Hall–Kier alpha value is -3.47. The number of hydrogen-bond donors (Lipinski definition) is 3. The summed E-state index contributed by atoms with van der Waals surface area (Å²) in [5.74, 6) is -0.864. The van der Waals surface area contributed by atoms with Gasteiger partial charge in [0.1, 0.15) is 0 Å². The lowest BCUT2D eigenvalue weighted by Crippen LogP contribution is -2.56. The molecule has 1 heterocycles. The summed E-state index contributed by atoms with van der Waals surface area (Å²) >= 11 is 1.62. The van der Waals surface area contributed by atoms with Crippen LogP contribution in [0.2, 0.25) is 0 Å². The van der Waals surface area contributed by atoms with Gasteiger partial charge in [0.05, 0.1) is 23.8 Å². The second-order valence-corrected chi connectivity index (χ2v) is 15.7. The number of aliphatic hydroxyl groups excluding tert-OH is 1. The first-order valence-electron chi connectivity index (χ1n) is 17.6. The fraction of sp³-hybridized carbons (Fsp3) is 0.500. The number of nitrogens with one attached hydrogen (secondary N) is 1. The predicted molar refractivity (Wildman–Crippen MR) is 192 cm³/mol. The van der Waals surface area contributed by atoms with Gasteiger partial charge in [-0.3, -0.25) is 4.79 Å². The zero-order valence-electron chi connectivity index (χ0n) is 29.4. The number of rotatable bonds is 8. The molecule has 0 aliphatic heterocycles. The molecule has 3 aliphatic rings. The van der Waals surface area contributed by atoms with Crippen LogP contribution in [0.15, 0.2) is 71.6 Å². The molecule has 6 rings (SSSR count). The van der Waals surface area contributed by atoms with E-state index in [0.29, 0.717) is 63.5 Å². The number of ketones is 1. The number of carbonyl (C=O) groups is 2. The molecule has 0 unspecified atom stereocenters. The van der Waals surface area contributed by atoms with Gasteiger partial charge in [-0.2, -0.15) is 13.2 Å². The molecule has 4 atom stereocenters. The molecule has 3 aromatic rings. The van der Waals surface area contributed by atoms with Crippen LogP contribution < -0.4 is 5.32 Å². The highest BCUT2D eigenvalue weighted by Gasteiger charge is 2.57. The first-order valence-corrected chi connectivity index (χ1v) is 18.5. The first kappa shape index (κ1) is 37.8. The van der Waals surface area contributed by atoms with E-state index in [1.165, 1.54) is 12.1 Å². The molecule has 2 aromatic carbocycles. The number of allylic oxidation sites excluding steroid dienone is 2. The lowest BCUT2D eigenvalue weighted by atomic mass is 9.64. The summed E-state index contributed by atoms with van der Waals surface area (Å²) in [5.41, 5.74) is -0.296. The smallest absolute Gasteiger partial charge is 0.393 e. The molecule has 50 heavy (non-hydrogen) atoms. The van der Waals surface area contributed by atoms with Crippen molar-refractivity contribution in [2.75, 3.05) is 13.1 Å². The number of hydrogen-bond acceptors (Lipinski definition) is 5. The number of alkyl halides is 3. The number of aliphatic hydroxyl groups is 2. The van der Waals surface area contributed by atoms with Crippen LogP contribution in [-0.2, 0) is 19.0 Å². The highest BCUT2D eigenvalue weighted by atomic mass is 32.1. The van der Waals surface area contributed by atoms with Crippen molar-refractivity contribution < 1.29 is 33.0 Å². The van der Waals surface area contributed by atoms with E-state index in [0.717, 1.165) is 28.1 Å². The second kappa shape index (κ2) is 15.4. The minimum absolute atomic E-state index is 0.0708. The van der Waals surface area contributed by atoms with Gasteiger partial charge in [-0.05, 0) is 119 Å². The summed E-state index contributed by atoms with van der Waals surface area (Å²) in [4.78, 5) is 30.7. The summed E-state index contributed by atoms with van der Waals surface area (Å²) in [5, 5.41) is 28.7. The molecular weight excluding hydrogens is 662 g/mol. The summed E-state index contributed by atoms with van der Waals surface area (Å²) in [6.45, 7) is 8.38. The Bertz CT molecular complexity index is 1690. The molecule has 1 aromatic heterocycles. The molecule has 0 spiro atoms. The number of amides is 2. The number of benzene rings is 2. The molecule has 3 N–H and O–H groups in total. The maximum absolute atomic E-state index is 14.3. The Kier molecular flexibility index (Phi) is 11.6. The van der Waals surface area contributed by atoms with Crippen molar-refractivity contribution >= 4 is 23.2 Å². The minimum atomic E-state index is -4.61. The molecular formula is C40H49F3N2O4S. The van der Waals surface area contributed by atoms with Gasteiger partial charge in [0.15, 0.2) is 5.78 Å². The Morgan fingerprint density at radius 2 is 1.86 bits per heavy atom. The number of urea groups is 1. The molecule has 270 valence electrons. The largest absolute Gasteiger partial charge is 0.416 e. The number of nitrogens with zero attached hydrogens (tertiary/aromatic N) is 1. The predicted octanol–water partition coefficient (Wildman–Crippen LogP) is 8.70. The van der Waals surface area contributed by atoms with Crippen molar-refractivity contribution in [3.8, 4) is 0 Å². The van der Waals surface area contributed by atoms with E-state index >= 15 is 0 Å². The zero-order valence-corrected chi connectivity index (χ0v) is 30.2. The molecule has 1 fully saturated rings. The third-order valence-corrected chi connectivity index (χ3v) is 11.7. The maximum atomic E-state index is 14.3. The van der Waals surface area contributed by atoms with Crippen LogP contribution in [-0.4, -0.2) is 57.8 Å². The van der Waals surface area contributed by atoms with Gasteiger partial charge in [-0.25, -0.2) is 4.79 Å². The van der Waals surface area contributed by atoms with E-state index in [4.69, 9.17) is 0 Å². The van der Waals surface area contributed by atoms with Crippen LogP contribution in [0, 0.1) is 5.41 Å². The molecule has 0 saturated heterocycles. The zero-order chi connectivity index (χ0) is 36.3. The van der Waals surface area contributed by atoms with Gasteiger partial charge >= 0.3 is 12.2 Å². The van der Waals surface area contributed by atoms with E-state index in [9.17, 15) is 33.0 Å². The van der Waals surface area contributed by atoms with Gasteiger partial charge in [0, 0.05) is 34.0 Å². The average Bonchev–Trinajstić information content (AvgIpc) is 3.67. The summed E-state index contributed by atoms with van der Waals surface area (Å²) < 4.78 is 41.1. The highest BCUT2D eigenvalue weighted by molar-refractivity contribution is 7.09. The van der Waals surface area contributed by atoms with Crippen LogP contribution in [0.25, 0.3) is 0 Å². The summed E-state index contributed by atoms with van der Waals surface area (Å²) in [6.07, 6.45) is 1.12. The van der Waals surface area contributed by atoms with Crippen molar-refractivity contribution in [3.63, 3.8) is 0 Å². The van der Waals surface area contributed by atoms with Crippen molar-refractivity contribution in [3.05, 3.63) is 104 Å². The van der Waals surface area contributed by atoms with Gasteiger partial charge in [0.25, 0.3) is 0 Å². The van der Waals surface area contributed by atoms with Crippen molar-refractivity contribution in [1.29, 1.82) is 0 Å². The monoisotopic (exact) mass is 710 g/mol.